The second-order valence-corrected chi connectivity index (χ2v) is 8.08. The summed E-state index contributed by atoms with van der Waals surface area (Å²) in [5.41, 5.74) is 2.53. The van der Waals surface area contributed by atoms with Crippen LogP contribution in [0.5, 0.6) is 0 Å². The first-order chi connectivity index (χ1) is 13.1. The van der Waals surface area contributed by atoms with E-state index >= 15 is 0 Å². The molecule has 0 aromatic carbocycles. The lowest BCUT2D eigenvalue weighted by atomic mass is 9.85. The van der Waals surface area contributed by atoms with Crippen molar-refractivity contribution in [1.29, 1.82) is 0 Å². The van der Waals surface area contributed by atoms with Crippen LogP contribution in [0.15, 0.2) is 24.5 Å². The predicted octanol–water partition coefficient (Wildman–Crippen LogP) is 3.28. The van der Waals surface area contributed by atoms with Crippen LogP contribution in [0.3, 0.4) is 0 Å². The molecule has 2 fully saturated rings. The minimum atomic E-state index is -0.951. The normalized spacial score (nSPS) is 20.6. The van der Waals surface area contributed by atoms with Gasteiger partial charge in [0.15, 0.2) is 0 Å². The van der Waals surface area contributed by atoms with E-state index in [9.17, 15) is 9.90 Å². The molecule has 1 saturated heterocycles. The Morgan fingerprint density at radius 2 is 1.93 bits per heavy atom. The lowest BCUT2D eigenvalue weighted by Gasteiger charge is -2.38. The number of likely N-dealkylation sites (tertiary alicyclic amines) is 1. The molecule has 2 aromatic heterocycles. The number of hydrogen-bond acceptors (Lipinski definition) is 4. The topological polar surface area (TPSA) is 82.1 Å². The van der Waals surface area contributed by atoms with Crippen LogP contribution >= 0.6 is 0 Å². The van der Waals surface area contributed by atoms with Crippen molar-refractivity contribution in [2.75, 3.05) is 13.1 Å². The highest BCUT2D eigenvalue weighted by atomic mass is 16.3. The third-order valence-electron chi connectivity index (χ3n) is 6.18. The molecular formula is C21H28N4O2. The van der Waals surface area contributed by atoms with Crippen LogP contribution in [0.4, 0.5) is 0 Å². The summed E-state index contributed by atoms with van der Waals surface area (Å²) in [6, 6.07) is 3.86. The molecule has 27 heavy (non-hydrogen) atoms. The summed E-state index contributed by atoms with van der Waals surface area (Å²) < 4.78 is 0. The first-order valence-electron chi connectivity index (χ1n) is 10.0. The molecule has 6 nitrogen and oxygen atoms in total. The molecule has 0 atom stereocenters. The van der Waals surface area contributed by atoms with E-state index in [1.54, 1.807) is 12.4 Å². The molecule has 4 rings (SSSR count). The highest BCUT2D eigenvalue weighted by Crippen LogP contribution is 2.35. The van der Waals surface area contributed by atoms with Gasteiger partial charge < -0.3 is 10.0 Å². The predicted molar refractivity (Wildman–Crippen MR) is 102 cm³/mol. The van der Waals surface area contributed by atoms with Crippen molar-refractivity contribution in [1.82, 2.24) is 20.1 Å². The largest absolute Gasteiger partial charge is 0.383 e. The third-order valence-corrected chi connectivity index (χ3v) is 6.18. The van der Waals surface area contributed by atoms with Gasteiger partial charge in [-0.1, -0.05) is 25.3 Å². The Labute approximate surface area is 160 Å². The van der Waals surface area contributed by atoms with E-state index in [-0.39, 0.29) is 5.91 Å². The maximum atomic E-state index is 13.1. The lowest BCUT2D eigenvalue weighted by Crippen LogP contribution is -2.45. The Morgan fingerprint density at radius 1 is 1.19 bits per heavy atom. The second kappa shape index (κ2) is 7.43. The summed E-state index contributed by atoms with van der Waals surface area (Å²) in [7, 11) is 0. The summed E-state index contributed by atoms with van der Waals surface area (Å²) >= 11 is 0. The second-order valence-electron chi connectivity index (χ2n) is 8.08. The van der Waals surface area contributed by atoms with Crippen LogP contribution in [0, 0.1) is 6.92 Å². The molecule has 2 N–H and O–H groups in total. The van der Waals surface area contributed by atoms with Crippen LogP contribution in [0.2, 0.25) is 0 Å². The maximum absolute atomic E-state index is 13.1. The van der Waals surface area contributed by atoms with Crippen LogP contribution in [-0.2, 0) is 5.60 Å². The summed E-state index contributed by atoms with van der Waals surface area (Å²) in [5.74, 6) is 0.446. The molecule has 0 spiro atoms. The summed E-state index contributed by atoms with van der Waals surface area (Å²) in [4.78, 5) is 19.3. The van der Waals surface area contributed by atoms with E-state index in [4.69, 9.17) is 0 Å². The molecule has 1 amide bonds. The van der Waals surface area contributed by atoms with Gasteiger partial charge in [0.2, 0.25) is 0 Å². The average molecular weight is 368 g/mol. The van der Waals surface area contributed by atoms with E-state index in [1.165, 1.54) is 19.3 Å². The van der Waals surface area contributed by atoms with Gasteiger partial charge in [0.05, 0.1) is 23.1 Å². The van der Waals surface area contributed by atoms with Crippen LogP contribution < -0.4 is 0 Å². The molecule has 1 aliphatic heterocycles. The van der Waals surface area contributed by atoms with Gasteiger partial charge >= 0.3 is 0 Å². The van der Waals surface area contributed by atoms with Gasteiger partial charge in [-0.25, -0.2) is 0 Å². The van der Waals surface area contributed by atoms with E-state index < -0.39 is 5.60 Å². The number of carbonyl (C=O) groups excluding carboxylic acids is 1. The minimum absolute atomic E-state index is 0.0308. The number of piperidine rings is 1. The third kappa shape index (κ3) is 3.63. The smallest absolute Gasteiger partial charge is 0.257 e. The van der Waals surface area contributed by atoms with Crippen molar-refractivity contribution in [3.63, 3.8) is 0 Å². The zero-order valence-corrected chi connectivity index (χ0v) is 15.9. The summed E-state index contributed by atoms with van der Waals surface area (Å²) in [6.45, 7) is 3.04. The number of aromatic nitrogens is 3. The molecule has 0 unspecified atom stereocenters. The molecule has 1 aliphatic carbocycles. The van der Waals surface area contributed by atoms with Gasteiger partial charge in [0.1, 0.15) is 5.60 Å². The molecule has 6 heteroatoms. The Morgan fingerprint density at radius 3 is 2.59 bits per heavy atom. The van der Waals surface area contributed by atoms with E-state index in [1.807, 2.05) is 24.0 Å². The van der Waals surface area contributed by atoms with Gasteiger partial charge in [0, 0.05) is 25.2 Å². The molecule has 2 aromatic rings. The molecule has 3 heterocycles. The average Bonchev–Trinajstić information content (AvgIpc) is 3.19. The van der Waals surface area contributed by atoms with Gasteiger partial charge in [-0.2, -0.15) is 5.10 Å². The van der Waals surface area contributed by atoms with Gasteiger partial charge in [0.25, 0.3) is 5.91 Å². The number of H-pyrrole nitrogens is 1. The van der Waals surface area contributed by atoms with E-state index in [0.29, 0.717) is 43.1 Å². The van der Waals surface area contributed by atoms with Gasteiger partial charge in [-0.3, -0.25) is 14.9 Å². The van der Waals surface area contributed by atoms with Crippen LogP contribution in [-0.4, -0.2) is 44.2 Å². The molecule has 0 bridgehead atoms. The Kier molecular flexibility index (Phi) is 5.00. The van der Waals surface area contributed by atoms with Crippen molar-refractivity contribution < 1.29 is 9.90 Å². The number of carbonyl (C=O) groups is 1. The summed E-state index contributed by atoms with van der Waals surface area (Å²) in [5, 5.41) is 18.3. The van der Waals surface area contributed by atoms with Crippen molar-refractivity contribution >= 4 is 5.91 Å². The summed E-state index contributed by atoms with van der Waals surface area (Å²) in [6.07, 6.45) is 10.4. The first kappa shape index (κ1) is 18.2. The number of pyridine rings is 1. The zero-order valence-electron chi connectivity index (χ0n) is 15.9. The number of aromatic amines is 1. The number of aliphatic hydroxyl groups is 1. The number of hydrogen-bond donors (Lipinski definition) is 2. The zero-order chi connectivity index (χ0) is 18.9. The number of nitrogens with one attached hydrogen (secondary N) is 1. The van der Waals surface area contributed by atoms with Crippen molar-refractivity contribution in [3.8, 4) is 0 Å². The van der Waals surface area contributed by atoms with Gasteiger partial charge in [-0.05, 0) is 44.2 Å². The van der Waals surface area contributed by atoms with Crippen molar-refractivity contribution in [2.45, 2.75) is 63.4 Å². The van der Waals surface area contributed by atoms with Crippen molar-refractivity contribution in [2.24, 2.45) is 0 Å². The van der Waals surface area contributed by atoms with Crippen molar-refractivity contribution in [3.05, 3.63) is 47.0 Å². The van der Waals surface area contributed by atoms with Crippen LogP contribution in [0.25, 0.3) is 0 Å². The standard InChI is InChI=1S/C21H28N4O2/c1-15-7-8-18(22-13-15)21(27)9-11-25(12-10-21)20(26)17-14-23-24-19(17)16-5-3-2-4-6-16/h7-8,13-14,16,27H,2-6,9-12H2,1H3,(H,23,24). The van der Waals surface area contributed by atoms with E-state index in [0.717, 1.165) is 24.1 Å². The highest BCUT2D eigenvalue weighted by Gasteiger charge is 2.37. The molecule has 144 valence electrons. The Hall–Kier alpha value is -2.21. The molecule has 1 saturated carbocycles. The SMILES string of the molecule is Cc1ccc(C2(O)CCN(C(=O)c3cn[nH]c3C3CCCCC3)CC2)nc1. The monoisotopic (exact) mass is 368 g/mol. The number of nitrogens with zero attached hydrogens (tertiary/aromatic N) is 3. The number of amides is 1. The maximum Gasteiger partial charge on any atom is 0.257 e. The molecule has 2 aliphatic rings. The van der Waals surface area contributed by atoms with E-state index in [2.05, 4.69) is 15.2 Å². The van der Waals surface area contributed by atoms with Crippen LogP contribution in [0.1, 0.15) is 78.2 Å². The quantitative estimate of drug-likeness (QED) is 0.871. The Bertz CT molecular complexity index is 785. The fraction of sp³-hybridized carbons (Fsp3) is 0.571. The van der Waals surface area contributed by atoms with Gasteiger partial charge in [-0.15, -0.1) is 0 Å². The lowest BCUT2D eigenvalue weighted by molar-refractivity contribution is -0.0244. The fourth-order valence-corrected chi connectivity index (χ4v) is 4.42. The first-order valence-corrected chi connectivity index (χ1v) is 10.0. The molecule has 0 radical (unpaired) electrons. The molecular weight excluding hydrogens is 340 g/mol. The fourth-order valence-electron chi connectivity index (χ4n) is 4.42. The number of rotatable bonds is 3. The highest BCUT2D eigenvalue weighted by molar-refractivity contribution is 5.95. The Balaban J connectivity index is 1.45. The number of aryl methyl sites for hydroxylation is 1. The minimum Gasteiger partial charge on any atom is -0.383 e.